The lowest BCUT2D eigenvalue weighted by Gasteiger charge is -2.10. The topological polar surface area (TPSA) is 65.0 Å². The number of fused-ring (bicyclic) bond motifs is 6. The van der Waals surface area contributed by atoms with E-state index in [9.17, 15) is 0 Å². The Labute approximate surface area is 252 Å². The second-order valence-corrected chi connectivity index (χ2v) is 10.8. The maximum Gasteiger partial charge on any atom is 0.167 e. The second kappa shape index (κ2) is 9.75. The molecule has 0 N–H and O–H groups in total. The lowest BCUT2D eigenvalue weighted by molar-refractivity contribution is 0.669. The summed E-state index contributed by atoms with van der Waals surface area (Å²) < 4.78 is 12.5. The molecule has 0 fully saturated rings. The van der Waals surface area contributed by atoms with Crippen LogP contribution in [0.5, 0.6) is 0 Å². The largest absolute Gasteiger partial charge is 0.456 e. The van der Waals surface area contributed by atoms with Crippen LogP contribution in [0.3, 0.4) is 0 Å². The van der Waals surface area contributed by atoms with E-state index in [4.69, 9.17) is 23.8 Å². The minimum absolute atomic E-state index is 0.567. The Hall–Kier alpha value is -6.07. The monoisotopic (exact) mass is 565 g/mol. The third-order valence-electron chi connectivity index (χ3n) is 8.17. The molecule has 0 saturated heterocycles. The molecule has 0 aliphatic carbocycles. The Morgan fingerprint density at radius 2 is 0.886 bits per heavy atom. The van der Waals surface area contributed by atoms with Crippen LogP contribution in [0.2, 0.25) is 0 Å². The highest BCUT2D eigenvalue weighted by Crippen LogP contribution is 2.38. The van der Waals surface area contributed by atoms with Gasteiger partial charge in [-0.2, -0.15) is 0 Å². The summed E-state index contributed by atoms with van der Waals surface area (Å²) in [7, 11) is 0. The van der Waals surface area contributed by atoms with E-state index in [0.29, 0.717) is 17.5 Å². The van der Waals surface area contributed by atoms with Gasteiger partial charge in [-0.15, -0.1) is 0 Å². The van der Waals surface area contributed by atoms with E-state index in [-0.39, 0.29) is 0 Å². The van der Waals surface area contributed by atoms with Gasteiger partial charge in [0.15, 0.2) is 17.5 Å². The summed E-state index contributed by atoms with van der Waals surface area (Å²) in [4.78, 5) is 14.9. The molecular weight excluding hydrogens is 542 g/mol. The zero-order chi connectivity index (χ0) is 29.0. The zero-order valence-corrected chi connectivity index (χ0v) is 23.4. The van der Waals surface area contributed by atoms with Crippen molar-refractivity contribution in [3.8, 4) is 45.3 Å². The van der Waals surface area contributed by atoms with Gasteiger partial charge >= 0.3 is 0 Å². The maximum absolute atomic E-state index is 6.34. The summed E-state index contributed by atoms with van der Waals surface area (Å²) in [5.41, 5.74) is 8.23. The first-order valence-corrected chi connectivity index (χ1v) is 14.5. The predicted molar refractivity (Wildman–Crippen MR) is 176 cm³/mol. The van der Waals surface area contributed by atoms with Crippen LogP contribution >= 0.6 is 0 Å². The molecule has 5 nitrogen and oxygen atoms in total. The number of furan rings is 2. The standard InChI is InChI=1S/C39H23N3O2/c1-2-10-25(11-3-1)37-40-38(42-39(41-37)31-16-8-15-29-28-12-4-6-17-32(28)44-36(29)31)26-22-20-24(21-23-26)27-14-9-19-34-35(27)30-13-5-7-18-33(30)43-34/h1-23H. The molecule has 6 aromatic carbocycles. The lowest BCUT2D eigenvalue weighted by atomic mass is 9.98. The van der Waals surface area contributed by atoms with Gasteiger partial charge < -0.3 is 8.83 Å². The summed E-state index contributed by atoms with van der Waals surface area (Å²) in [6.07, 6.45) is 0. The van der Waals surface area contributed by atoms with E-state index in [1.54, 1.807) is 0 Å². The third-order valence-corrected chi connectivity index (χ3v) is 8.17. The van der Waals surface area contributed by atoms with Crippen molar-refractivity contribution >= 4 is 43.9 Å². The minimum atomic E-state index is 0.567. The van der Waals surface area contributed by atoms with Crippen LogP contribution < -0.4 is 0 Å². The number of rotatable bonds is 4. The molecule has 0 amide bonds. The Balaban J connectivity index is 1.20. The highest BCUT2D eigenvalue weighted by atomic mass is 16.3. The molecule has 3 aromatic heterocycles. The number of aromatic nitrogens is 3. The van der Waals surface area contributed by atoms with E-state index >= 15 is 0 Å². The first kappa shape index (κ1) is 24.5. The lowest BCUT2D eigenvalue weighted by Crippen LogP contribution is -2.00. The average molecular weight is 566 g/mol. The Morgan fingerprint density at radius 3 is 1.68 bits per heavy atom. The van der Waals surface area contributed by atoms with E-state index in [0.717, 1.165) is 71.7 Å². The zero-order valence-electron chi connectivity index (χ0n) is 23.4. The third kappa shape index (κ3) is 3.91. The van der Waals surface area contributed by atoms with Gasteiger partial charge in [0, 0.05) is 32.7 Å². The van der Waals surface area contributed by atoms with Crippen LogP contribution in [0, 0.1) is 0 Å². The number of nitrogens with zero attached hydrogens (tertiary/aromatic N) is 3. The van der Waals surface area contributed by atoms with E-state index < -0.39 is 0 Å². The Bertz CT molecular complexity index is 2490. The molecule has 5 heteroatoms. The molecule has 0 radical (unpaired) electrons. The van der Waals surface area contributed by atoms with Crippen LogP contribution in [-0.2, 0) is 0 Å². The molecule has 0 spiro atoms. The van der Waals surface area contributed by atoms with Gasteiger partial charge in [0.05, 0.1) is 5.56 Å². The van der Waals surface area contributed by atoms with Gasteiger partial charge in [-0.05, 0) is 35.4 Å². The molecule has 0 aliphatic heterocycles. The molecule has 0 bridgehead atoms. The highest BCUT2D eigenvalue weighted by molar-refractivity contribution is 6.12. The van der Waals surface area contributed by atoms with Gasteiger partial charge in [-0.3, -0.25) is 0 Å². The van der Waals surface area contributed by atoms with E-state index in [1.165, 1.54) is 0 Å². The Kier molecular flexibility index (Phi) is 5.43. The fraction of sp³-hybridized carbons (Fsp3) is 0. The van der Waals surface area contributed by atoms with Crippen molar-refractivity contribution in [3.05, 3.63) is 140 Å². The molecule has 0 aliphatic rings. The van der Waals surface area contributed by atoms with Gasteiger partial charge in [-0.1, -0.05) is 115 Å². The van der Waals surface area contributed by atoms with Crippen molar-refractivity contribution in [3.63, 3.8) is 0 Å². The van der Waals surface area contributed by atoms with Gasteiger partial charge in [0.1, 0.15) is 22.3 Å². The summed E-state index contributed by atoms with van der Waals surface area (Å²) in [5.74, 6) is 1.77. The first-order valence-electron chi connectivity index (χ1n) is 14.5. The fourth-order valence-electron chi connectivity index (χ4n) is 6.08. The van der Waals surface area contributed by atoms with Crippen LogP contribution in [0.25, 0.3) is 89.2 Å². The normalized spacial score (nSPS) is 11.6. The summed E-state index contributed by atoms with van der Waals surface area (Å²) in [5, 5.41) is 4.32. The van der Waals surface area contributed by atoms with Crippen LogP contribution in [0.4, 0.5) is 0 Å². The highest BCUT2D eigenvalue weighted by Gasteiger charge is 2.18. The SMILES string of the molecule is c1ccc(-c2nc(-c3ccc(-c4cccc5oc6ccccc6c45)cc3)nc(-c3cccc4c3oc3ccccc34)n2)cc1. The average Bonchev–Trinajstić information content (AvgIpc) is 3.67. The number of hydrogen-bond donors (Lipinski definition) is 0. The van der Waals surface area contributed by atoms with Crippen molar-refractivity contribution in [2.75, 3.05) is 0 Å². The molecule has 3 heterocycles. The van der Waals surface area contributed by atoms with Crippen LogP contribution in [0.1, 0.15) is 0 Å². The number of hydrogen-bond acceptors (Lipinski definition) is 5. The molecule has 0 saturated carbocycles. The molecule has 9 aromatic rings. The number of benzene rings is 6. The van der Waals surface area contributed by atoms with Gasteiger partial charge in [0.25, 0.3) is 0 Å². The maximum atomic E-state index is 6.34. The predicted octanol–water partition coefficient (Wildman–Crippen LogP) is 10.3. The first-order chi connectivity index (χ1) is 21.8. The molecule has 0 atom stereocenters. The summed E-state index contributed by atoms with van der Waals surface area (Å²) in [6.45, 7) is 0. The van der Waals surface area contributed by atoms with Crippen molar-refractivity contribution in [1.29, 1.82) is 0 Å². The van der Waals surface area contributed by atoms with Gasteiger partial charge in [-0.25, -0.2) is 15.0 Å². The van der Waals surface area contributed by atoms with Crippen LogP contribution in [-0.4, -0.2) is 15.0 Å². The Morgan fingerprint density at radius 1 is 0.341 bits per heavy atom. The van der Waals surface area contributed by atoms with Gasteiger partial charge in [0.2, 0.25) is 0 Å². The molecule has 0 unspecified atom stereocenters. The van der Waals surface area contributed by atoms with Crippen molar-refractivity contribution in [2.24, 2.45) is 0 Å². The quantitative estimate of drug-likeness (QED) is 0.212. The van der Waals surface area contributed by atoms with Crippen molar-refractivity contribution in [1.82, 2.24) is 15.0 Å². The van der Waals surface area contributed by atoms with Crippen molar-refractivity contribution < 1.29 is 8.83 Å². The molecule has 44 heavy (non-hydrogen) atoms. The van der Waals surface area contributed by atoms with E-state index in [1.807, 2.05) is 91.0 Å². The minimum Gasteiger partial charge on any atom is -0.456 e. The number of para-hydroxylation sites is 3. The summed E-state index contributed by atoms with van der Waals surface area (Å²) in [6, 6.07) is 47.0. The molecule has 206 valence electrons. The second-order valence-electron chi connectivity index (χ2n) is 10.8. The molecule has 9 rings (SSSR count). The van der Waals surface area contributed by atoms with Crippen molar-refractivity contribution in [2.45, 2.75) is 0 Å². The summed E-state index contributed by atoms with van der Waals surface area (Å²) >= 11 is 0. The van der Waals surface area contributed by atoms with E-state index in [2.05, 4.69) is 48.5 Å². The molecular formula is C39H23N3O2. The van der Waals surface area contributed by atoms with Crippen LogP contribution in [0.15, 0.2) is 148 Å². The fourth-order valence-corrected chi connectivity index (χ4v) is 6.08. The smallest absolute Gasteiger partial charge is 0.167 e.